The molecule has 5 heteroatoms. The van der Waals surface area contributed by atoms with Gasteiger partial charge in [-0.15, -0.1) is 11.8 Å². The Morgan fingerprint density at radius 1 is 1.35 bits per heavy atom. The lowest BCUT2D eigenvalue weighted by molar-refractivity contribution is -0.131. The largest absolute Gasteiger partial charge is 0.349 e. The van der Waals surface area contributed by atoms with E-state index in [4.69, 9.17) is 0 Å². The Morgan fingerprint density at radius 3 is 2.60 bits per heavy atom. The second-order valence-corrected chi connectivity index (χ2v) is 6.27. The van der Waals surface area contributed by atoms with Crippen LogP contribution in [0.3, 0.4) is 0 Å². The van der Waals surface area contributed by atoms with Gasteiger partial charge in [-0.05, 0) is 12.5 Å². The highest BCUT2D eigenvalue weighted by Gasteiger charge is 2.32. The fourth-order valence-corrected chi connectivity index (χ4v) is 3.36. The Morgan fingerprint density at radius 2 is 2.00 bits per heavy atom. The summed E-state index contributed by atoms with van der Waals surface area (Å²) >= 11 is 1.63. The molecule has 1 heterocycles. The van der Waals surface area contributed by atoms with Crippen molar-refractivity contribution in [1.29, 1.82) is 0 Å². The van der Waals surface area contributed by atoms with Crippen LogP contribution in [0.15, 0.2) is 24.3 Å². The molecule has 4 nitrogen and oxygen atoms in total. The van der Waals surface area contributed by atoms with Crippen LogP contribution in [0.4, 0.5) is 0 Å². The first-order valence-corrected chi connectivity index (χ1v) is 7.71. The van der Waals surface area contributed by atoms with E-state index in [2.05, 4.69) is 24.3 Å². The van der Waals surface area contributed by atoms with Crippen LogP contribution in [0.5, 0.6) is 0 Å². The van der Waals surface area contributed by atoms with Gasteiger partial charge in [0.1, 0.15) is 5.37 Å². The second-order valence-electron chi connectivity index (χ2n) is 5.20. The average molecular weight is 292 g/mol. The Balaban J connectivity index is 2.06. The van der Waals surface area contributed by atoms with Gasteiger partial charge in [-0.1, -0.05) is 29.8 Å². The van der Waals surface area contributed by atoms with E-state index in [9.17, 15) is 9.59 Å². The van der Waals surface area contributed by atoms with Crippen molar-refractivity contribution in [3.63, 3.8) is 0 Å². The van der Waals surface area contributed by atoms with Gasteiger partial charge in [0.25, 0.3) is 0 Å². The van der Waals surface area contributed by atoms with E-state index in [1.165, 1.54) is 5.56 Å². The smallest absolute Gasteiger partial charge is 0.233 e. The van der Waals surface area contributed by atoms with Gasteiger partial charge in [-0.2, -0.15) is 0 Å². The number of carbonyl (C=O) groups is 2. The molecule has 108 valence electrons. The molecule has 0 aromatic heterocycles. The molecule has 2 amide bonds. The molecule has 1 atom stereocenters. The van der Waals surface area contributed by atoms with Crippen molar-refractivity contribution in [3.8, 4) is 0 Å². The van der Waals surface area contributed by atoms with Crippen molar-refractivity contribution in [3.05, 3.63) is 35.4 Å². The molecule has 2 rings (SSSR count). The maximum atomic E-state index is 12.0. The molecular weight excluding hydrogens is 272 g/mol. The standard InChI is InChI=1S/C15H20N2O2S/c1-11-4-6-12(7-5-11)15-17(14(19)10-20-15)9-8-13(18)16(2)3/h4-7,15H,8-10H2,1-3H3/t15-/m0/s1. The van der Waals surface area contributed by atoms with Crippen LogP contribution in [-0.4, -0.2) is 48.0 Å². The molecule has 1 aliphatic heterocycles. The summed E-state index contributed by atoms with van der Waals surface area (Å²) in [6, 6.07) is 8.24. The summed E-state index contributed by atoms with van der Waals surface area (Å²) in [7, 11) is 3.47. The minimum atomic E-state index is 0.0399. The molecule has 0 N–H and O–H groups in total. The van der Waals surface area contributed by atoms with Crippen LogP contribution >= 0.6 is 11.8 Å². The molecule has 1 aliphatic rings. The molecule has 20 heavy (non-hydrogen) atoms. The van der Waals surface area contributed by atoms with Crippen LogP contribution in [0.1, 0.15) is 22.9 Å². The molecule has 0 unspecified atom stereocenters. The molecule has 1 aromatic rings. The van der Waals surface area contributed by atoms with E-state index < -0.39 is 0 Å². The van der Waals surface area contributed by atoms with Gasteiger partial charge in [0.05, 0.1) is 5.75 Å². The third-order valence-corrected chi connectivity index (χ3v) is 4.65. The lowest BCUT2D eigenvalue weighted by atomic mass is 10.1. The molecular formula is C15H20N2O2S. The Labute approximate surface area is 124 Å². The maximum absolute atomic E-state index is 12.0. The van der Waals surface area contributed by atoms with Gasteiger partial charge >= 0.3 is 0 Å². The third-order valence-electron chi connectivity index (χ3n) is 3.40. The summed E-state index contributed by atoms with van der Waals surface area (Å²) in [5, 5.41) is 0.0399. The zero-order chi connectivity index (χ0) is 14.7. The number of hydrogen-bond acceptors (Lipinski definition) is 3. The quantitative estimate of drug-likeness (QED) is 0.853. The second kappa shape index (κ2) is 6.31. The van der Waals surface area contributed by atoms with Gasteiger partial charge in [0.2, 0.25) is 11.8 Å². The molecule has 1 saturated heterocycles. The van der Waals surface area contributed by atoms with Crippen molar-refractivity contribution in [1.82, 2.24) is 9.80 Å². The van der Waals surface area contributed by atoms with E-state index in [1.807, 2.05) is 11.8 Å². The minimum Gasteiger partial charge on any atom is -0.349 e. The van der Waals surface area contributed by atoms with Crippen molar-refractivity contribution < 1.29 is 9.59 Å². The number of thioether (sulfide) groups is 1. The number of rotatable bonds is 4. The van der Waals surface area contributed by atoms with Gasteiger partial charge in [0, 0.05) is 27.1 Å². The Hall–Kier alpha value is -1.49. The van der Waals surface area contributed by atoms with Crippen LogP contribution in [0, 0.1) is 6.92 Å². The first-order chi connectivity index (χ1) is 9.49. The Kier molecular flexibility index (Phi) is 4.70. The number of carbonyl (C=O) groups excluding carboxylic acids is 2. The fourth-order valence-electron chi connectivity index (χ4n) is 2.14. The summed E-state index contributed by atoms with van der Waals surface area (Å²) < 4.78 is 0. The van der Waals surface area contributed by atoms with Crippen molar-refractivity contribution in [2.24, 2.45) is 0 Å². The van der Waals surface area contributed by atoms with Crippen molar-refractivity contribution >= 4 is 23.6 Å². The van der Waals surface area contributed by atoms with Crippen molar-refractivity contribution in [2.75, 3.05) is 26.4 Å². The summed E-state index contributed by atoms with van der Waals surface area (Å²) in [5.41, 5.74) is 2.33. The van der Waals surface area contributed by atoms with Gasteiger partial charge in [-0.25, -0.2) is 0 Å². The summed E-state index contributed by atoms with van der Waals surface area (Å²) in [6.45, 7) is 2.53. The predicted octanol–water partition coefficient (Wildman–Crippen LogP) is 2.05. The van der Waals surface area contributed by atoms with E-state index in [-0.39, 0.29) is 17.2 Å². The normalized spacial score (nSPS) is 18.4. The molecule has 1 aromatic carbocycles. The molecule has 0 aliphatic carbocycles. The van der Waals surface area contributed by atoms with E-state index in [0.717, 1.165) is 5.56 Å². The molecule has 0 saturated carbocycles. The number of hydrogen-bond donors (Lipinski definition) is 0. The van der Waals surface area contributed by atoms with Crippen LogP contribution < -0.4 is 0 Å². The minimum absolute atomic E-state index is 0.0399. The number of amides is 2. The zero-order valence-electron chi connectivity index (χ0n) is 12.1. The predicted molar refractivity (Wildman–Crippen MR) is 81.4 cm³/mol. The van der Waals surface area contributed by atoms with Crippen LogP contribution in [-0.2, 0) is 9.59 Å². The van der Waals surface area contributed by atoms with Gasteiger partial charge < -0.3 is 9.80 Å². The number of nitrogens with zero attached hydrogens (tertiary/aromatic N) is 2. The molecule has 1 fully saturated rings. The first kappa shape index (κ1) is 14.9. The molecule has 0 radical (unpaired) electrons. The van der Waals surface area contributed by atoms with Gasteiger partial charge in [0.15, 0.2) is 0 Å². The highest BCUT2D eigenvalue weighted by Crippen LogP contribution is 2.38. The highest BCUT2D eigenvalue weighted by atomic mass is 32.2. The van der Waals surface area contributed by atoms with E-state index in [1.54, 1.807) is 30.8 Å². The monoisotopic (exact) mass is 292 g/mol. The third kappa shape index (κ3) is 3.33. The van der Waals surface area contributed by atoms with Crippen LogP contribution in [0.2, 0.25) is 0 Å². The van der Waals surface area contributed by atoms with Crippen LogP contribution in [0.25, 0.3) is 0 Å². The number of aryl methyl sites for hydroxylation is 1. The first-order valence-electron chi connectivity index (χ1n) is 6.67. The molecule has 0 spiro atoms. The lowest BCUT2D eigenvalue weighted by Gasteiger charge is -2.24. The number of benzene rings is 1. The lowest BCUT2D eigenvalue weighted by Crippen LogP contribution is -2.33. The summed E-state index contributed by atoms with van der Waals surface area (Å²) in [6.07, 6.45) is 0.377. The maximum Gasteiger partial charge on any atom is 0.233 e. The molecule has 0 bridgehead atoms. The summed E-state index contributed by atoms with van der Waals surface area (Å²) in [4.78, 5) is 27.0. The average Bonchev–Trinajstić information content (AvgIpc) is 2.78. The topological polar surface area (TPSA) is 40.6 Å². The highest BCUT2D eigenvalue weighted by molar-refractivity contribution is 8.00. The zero-order valence-corrected chi connectivity index (χ0v) is 12.9. The summed E-state index contributed by atoms with van der Waals surface area (Å²) in [5.74, 6) is 0.666. The van der Waals surface area contributed by atoms with Gasteiger partial charge in [-0.3, -0.25) is 9.59 Å². The SMILES string of the molecule is Cc1ccc([C@@H]2SCC(=O)N2CCC(=O)N(C)C)cc1. The van der Waals surface area contributed by atoms with E-state index >= 15 is 0 Å². The van der Waals surface area contributed by atoms with E-state index in [0.29, 0.717) is 18.7 Å². The fraction of sp³-hybridized carbons (Fsp3) is 0.467. The van der Waals surface area contributed by atoms with Crippen molar-refractivity contribution in [2.45, 2.75) is 18.7 Å². The Bertz CT molecular complexity index is 499.